The summed E-state index contributed by atoms with van der Waals surface area (Å²) in [6.07, 6.45) is 2.46. The first-order valence-electron chi connectivity index (χ1n) is 8.31. The summed E-state index contributed by atoms with van der Waals surface area (Å²) < 4.78 is 0.884. The molecule has 0 radical (unpaired) electrons. The molecule has 2 aromatic rings. The molecule has 2 aromatic carbocycles. The molecule has 1 aliphatic rings. The number of halogens is 1. The van der Waals surface area contributed by atoms with Crippen LogP contribution in [0.25, 0.3) is 0 Å². The first-order valence-corrected chi connectivity index (χ1v) is 9.39. The number of hydrogen-bond acceptors (Lipinski definition) is 3. The molecule has 130 valence electrons. The summed E-state index contributed by atoms with van der Waals surface area (Å²) in [4.78, 5) is 24.6. The predicted octanol–water partition coefficient (Wildman–Crippen LogP) is 3.03. The van der Waals surface area contributed by atoms with Gasteiger partial charge in [-0.15, -0.1) is 0 Å². The maximum absolute atomic E-state index is 12.4. The summed E-state index contributed by atoms with van der Waals surface area (Å²) in [5.74, 6) is -0.320. The van der Waals surface area contributed by atoms with Crippen molar-refractivity contribution in [3.63, 3.8) is 0 Å². The van der Waals surface area contributed by atoms with E-state index in [0.717, 1.165) is 10.1 Å². The van der Waals surface area contributed by atoms with Crippen molar-refractivity contribution >= 4 is 40.1 Å². The lowest BCUT2D eigenvalue weighted by Crippen LogP contribution is -2.32. The van der Waals surface area contributed by atoms with E-state index in [9.17, 15) is 9.59 Å². The Bertz CT molecular complexity index is 775. The lowest BCUT2D eigenvalue weighted by molar-refractivity contribution is 0.0952. The first kappa shape index (κ1) is 17.9. The molecule has 3 N–H and O–H groups in total. The molecule has 5 nitrogen and oxygen atoms in total. The van der Waals surface area contributed by atoms with Gasteiger partial charge in [-0.2, -0.15) is 0 Å². The highest BCUT2D eigenvalue weighted by Gasteiger charge is 2.19. The van der Waals surface area contributed by atoms with Gasteiger partial charge in [0.1, 0.15) is 0 Å². The fourth-order valence-corrected chi connectivity index (χ4v) is 3.06. The van der Waals surface area contributed by atoms with Crippen molar-refractivity contribution < 1.29 is 9.59 Å². The zero-order chi connectivity index (χ0) is 17.6. The van der Waals surface area contributed by atoms with E-state index in [4.69, 9.17) is 0 Å². The minimum Gasteiger partial charge on any atom is -0.351 e. The number of carbonyl (C=O) groups is 2. The van der Waals surface area contributed by atoms with Gasteiger partial charge in [-0.1, -0.05) is 18.2 Å². The Morgan fingerprint density at radius 3 is 2.56 bits per heavy atom. The van der Waals surface area contributed by atoms with E-state index in [1.807, 2.05) is 18.2 Å². The van der Waals surface area contributed by atoms with Gasteiger partial charge in [0.15, 0.2) is 0 Å². The van der Waals surface area contributed by atoms with Gasteiger partial charge >= 0.3 is 0 Å². The molecule has 0 unspecified atom stereocenters. The molecule has 0 bridgehead atoms. The Balaban J connectivity index is 1.57. The molecule has 1 saturated carbocycles. The van der Waals surface area contributed by atoms with E-state index in [-0.39, 0.29) is 11.8 Å². The van der Waals surface area contributed by atoms with Gasteiger partial charge in [-0.25, -0.2) is 0 Å². The molecule has 1 fully saturated rings. The van der Waals surface area contributed by atoms with Crippen LogP contribution in [0.3, 0.4) is 0 Å². The summed E-state index contributed by atoms with van der Waals surface area (Å²) in [5, 5.41) is 9.09. The second-order valence-electron chi connectivity index (χ2n) is 6.00. The van der Waals surface area contributed by atoms with E-state index in [1.54, 1.807) is 30.3 Å². The number of rotatable bonds is 7. The minimum absolute atomic E-state index is 0.136. The van der Waals surface area contributed by atoms with E-state index in [2.05, 4.69) is 38.5 Å². The van der Waals surface area contributed by atoms with Crippen LogP contribution < -0.4 is 16.0 Å². The molecule has 1 aliphatic carbocycles. The van der Waals surface area contributed by atoms with Crippen molar-refractivity contribution in [2.45, 2.75) is 18.9 Å². The van der Waals surface area contributed by atoms with Crippen LogP contribution in [0, 0.1) is 3.57 Å². The number of carbonyl (C=O) groups excluding carboxylic acids is 2. The Morgan fingerprint density at radius 1 is 1.00 bits per heavy atom. The van der Waals surface area contributed by atoms with Gasteiger partial charge in [-0.05, 0) is 65.8 Å². The molecule has 2 amide bonds. The summed E-state index contributed by atoms with van der Waals surface area (Å²) in [6, 6.07) is 15.0. The summed E-state index contributed by atoms with van der Waals surface area (Å²) >= 11 is 2.13. The third-order valence-electron chi connectivity index (χ3n) is 3.92. The highest BCUT2D eigenvalue weighted by Crippen LogP contribution is 2.18. The maximum Gasteiger partial charge on any atom is 0.256 e. The predicted molar refractivity (Wildman–Crippen MR) is 107 cm³/mol. The summed E-state index contributed by atoms with van der Waals surface area (Å²) in [6.45, 7) is 1.37. The number of anilines is 1. The Hall–Kier alpha value is -1.93. The van der Waals surface area contributed by atoms with Crippen LogP contribution in [-0.4, -0.2) is 30.9 Å². The summed E-state index contributed by atoms with van der Waals surface area (Å²) in [5.41, 5.74) is 1.75. The fraction of sp³-hybridized carbons (Fsp3) is 0.263. The number of hydrogen-bond donors (Lipinski definition) is 3. The van der Waals surface area contributed by atoms with Crippen molar-refractivity contribution in [3.05, 3.63) is 63.2 Å². The van der Waals surface area contributed by atoms with Gasteiger partial charge in [0.25, 0.3) is 11.8 Å². The van der Waals surface area contributed by atoms with E-state index in [1.165, 1.54) is 12.8 Å². The molecular weight excluding hydrogens is 429 g/mol. The van der Waals surface area contributed by atoms with Crippen molar-refractivity contribution in [1.29, 1.82) is 0 Å². The zero-order valence-electron chi connectivity index (χ0n) is 13.7. The van der Waals surface area contributed by atoms with Gasteiger partial charge in [-0.3, -0.25) is 9.59 Å². The third kappa shape index (κ3) is 5.27. The van der Waals surface area contributed by atoms with E-state index >= 15 is 0 Å². The maximum atomic E-state index is 12.4. The van der Waals surface area contributed by atoms with Crippen LogP contribution >= 0.6 is 22.6 Å². The molecule has 0 saturated heterocycles. The Labute approximate surface area is 160 Å². The quantitative estimate of drug-likeness (QED) is 0.450. The highest BCUT2D eigenvalue weighted by molar-refractivity contribution is 14.1. The molecular formula is C19H20IN3O2. The molecule has 0 aromatic heterocycles. The fourth-order valence-electron chi connectivity index (χ4n) is 2.42. The van der Waals surface area contributed by atoms with Crippen molar-refractivity contribution in [3.8, 4) is 0 Å². The molecule has 25 heavy (non-hydrogen) atoms. The number of amides is 2. The van der Waals surface area contributed by atoms with Crippen molar-refractivity contribution in [2.24, 2.45) is 0 Å². The normalized spacial score (nSPS) is 13.3. The van der Waals surface area contributed by atoms with Crippen LogP contribution in [-0.2, 0) is 0 Å². The first-order chi connectivity index (χ1) is 12.1. The largest absolute Gasteiger partial charge is 0.351 e. The average molecular weight is 449 g/mol. The lowest BCUT2D eigenvalue weighted by Gasteiger charge is -2.09. The SMILES string of the molecule is O=C(NCCNC1CC1)c1cccc(NC(=O)c2ccccc2I)c1. The Kier molecular flexibility index (Phi) is 6.04. The number of nitrogens with one attached hydrogen (secondary N) is 3. The van der Waals surface area contributed by atoms with Crippen LogP contribution in [0.15, 0.2) is 48.5 Å². The zero-order valence-corrected chi connectivity index (χ0v) is 15.9. The second-order valence-corrected chi connectivity index (χ2v) is 7.16. The molecule has 3 rings (SSSR count). The highest BCUT2D eigenvalue weighted by atomic mass is 127. The molecule has 0 aliphatic heterocycles. The minimum atomic E-state index is -0.184. The third-order valence-corrected chi connectivity index (χ3v) is 4.86. The molecule has 6 heteroatoms. The van der Waals surface area contributed by atoms with Crippen LogP contribution in [0.5, 0.6) is 0 Å². The average Bonchev–Trinajstić information content (AvgIpc) is 3.43. The molecule has 0 heterocycles. The molecule has 0 spiro atoms. The van der Waals surface area contributed by atoms with Gasteiger partial charge < -0.3 is 16.0 Å². The Morgan fingerprint density at radius 2 is 1.80 bits per heavy atom. The van der Waals surface area contributed by atoms with Crippen molar-refractivity contribution in [2.75, 3.05) is 18.4 Å². The van der Waals surface area contributed by atoms with Crippen molar-refractivity contribution in [1.82, 2.24) is 10.6 Å². The monoisotopic (exact) mass is 449 g/mol. The topological polar surface area (TPSA) is 70.2 Å². The van der Waals surface area contributed by atoms with Crippen LogP contribution in [0.2, 0.25) is 0 Å². The smallest absolute Gasteiger partial charge is 0.256 e. The van der Waals surface area contributed by atoms with Gasteiger partial charge in [0.2, 0.25) is 0 Å². The van der Waals surface area contributed by atoms with Crippen LogP contribution in [0.1, 0.15) is 33.6 Å². The van der Waals surface area contributed by atoms with E-state index < -0.39 is 0 Å². The van der Waals surface area contributed by atoms with E-state index in [0.29, 0.717) is 29.4 Å². The number of benzene rings is 2. The lowest BCUT2D eigenvalue weighted by atomic mass is 10.1. The van der Waals surface area contributed by atoms with Gasteiger partial charge in [0.05, 0.1) is 5.56 Å². The van der Waals surface area contributed by atoms with Crippen LogP contribution in [0.4, 0.5) is 5.69 Å². The standard InChI is InChI=1S/C19H20IN3O2/c20-17-7-2-1-6-16(17)19(25)23-15-5-3-4-13(12-15)18(24)22-11-10-21-14-8-9-14/h1-7,12,14,21H,8-11H2,(H,22,24)(H,23,25). The molecule has 0 atom stereocenters. The summed E-state index contributed by atoms with van der Waals surface area (Å²) in [7, 11) is 0. The second kappa shape index (κ2) is 8.44. The van der Waals surface area contributed by atoms with Gasteiger partial charge in [0, 0.05) is 34.0 Å².